The van der Waals surface area contributed by atoms with E-state index in [4.69, 9.17) is 23.4 Å². The van der Waals surface area contributed by atoms with E-state index in [-0.39, 0.29) is 34.2 Å². The zero-order valence-electron chi connectivity index (χ0n) is 19.0. The van der Waals surface area contributed by atoms with Gasteiger partial charge >= 0.3 is 0 Å². The van der Waals surface area contributed by atoms with Gasteiger partial charge < -0.3 is 59.1 Å². The van der Waals surface area contributed by atoms with Crippen molar-refractivity contribution in [1.29, 1.82) is 0 Å². The molecule has 7 N–H and O–H groups in total. The number of hydrogen-bond donors (Lipinski definition) is 7. The van der Waals surface area contributed by atoms with Gasteiger partial charge in [-0.15, -0.1) is 0 Å². The molecular formula is C23H24O13. The van der Waals surface area contributed by atoms with Crippen LogP contribution in [0.1, 0.15) is 0 Å². The Labute approximate surface area is 202 Å². The van der Waals surface area contributed by atoms with Gasteiger partial charge in [-0.25, -0.2) is 0 Å². The van der Waals surface area contributed by atoms with Crippen LogP contribution in [-0.2, 0) is 4.74 Å². The van der Waals surface area contributed by atoms with E-state index in [9.17, 15) is 40.5 Å². The first-order chi connectivity index (χ1) is 17.1. The van der Waals surface area contributed by atoms with Crippen LogP contribution in [0, 0.1) is 0 Å². The quantitative estimate of drug-likeness (QED) is 0.215. The summed E-state index contributed by atoms with van der Waals surface area (Å²) in [5, 5.41) is 70.2. The third-order valence-corrected chi connectivity index (χ3v) is 5.79. The number of ether oxygens (including phenoxy) is 4. The van der Waals surface area contributed by atoms with Crippen molar-refractivity contribution in [1.82, 2.24) is 0 Å². The molecule has 1 aliphatic heterocycles. The first-order valence-electron chi connectivity index (χ1n) is 10.6. The fourth-order valence-corrected chi connectivity index (χ4v) is 3.87. The predicted octanol–water partition coefficient (Wildman–Crippen LogP) is -0.227. The Balaban J connectivity index is 1.84. The van der Waals surface area contributed by atoms with Crippen molar-refractivity contribution in [3.05, 3.63) is 34.5 Å². The van der Waals surface area contributed by atoms with Crippen LogP contribution in [0.25, 0.3) is 22.3 Å². The zero-order chi connectivity index (χ0) is 26.3. The molecule has 5 unspecified atom stereocenters. The smallest absolute Gasteiger partial charge is 0.239 e. The normalized spacial score (nSPS) is 24.0. The lowest BCUT2D eigenvalue weighted by Gasteiger charge is -2.39. The molecule has 1 aromatic heterocycles. The van der Waals surface area contributed by atoms with Crippen molar-refractivity contribution in [2.45, 2.75) is 30.7 Å². The number of phenolic OH excluding ortho intramolecular Hbond substituents is 3. The third kappa shape index (κ3) is 4.12. The lowest BCUT2D eigenvalue weighted by Crippen LogP contribution is -2.60. The van der Waals surface area contributed by atoms with Crippen LogP contribution in [0.3, 0.4) is 0 Å². The molecule has 1 aliphatic rings. The molecule has 1 fully saturated rings. The number of fused-ring (bicyclic) bond motifs is 1. The fourth-order valence-electron chi connectivity index (χ4n) is 3.87. The molecule has 0 radical (unpaired) electrons. The van der Waals surface area contributed by atoms with Gasteiger partial charge in [-0.05, 0) is 18.2 Å². The van der Waals surface area contributed by atoms with Gasteiger partial charge in [0, 0.05) is 11.6 Å². The summed E-state index contributed by atoms with van der Waals surface area (Å²) in [7, 11) is 2.55. The molecular weight excluding hydrogens is 484 g/mol. The Morgan fingerprint density at radius 2 is 1.64 bits per heavy atom. The summed E-state index contributed by atoms with van der Waals surface area (Å²) in [6.07, 6.45) is -8.18. The fraction of sp³-hybridized carbons (Fsp3) is 0.348. The topological polar surface area (TPSA) is 209 Å². The van der Waals surface area contributed by atoms with E-state index in [1.165, 1.54) is 32.4 Å². The third-order valence-electron chi connectivity index (χ3n) is 5.79. The summed E-state index contributed by atoms with van der Waals surface area (Å²) in [4.78, 5) is 13.1. The molecule has 0 aliphatic carbocycles. The van der Waals surface area contributed by atoms with Gasteiger partial charge in [0.05, 0.1) is 20.8 Å². The highest BCUT2D eigenvalue weighted by atomic mass is 16.7. The molecule has 2 heterocycles. The molecule has 3 aromatic rings. The Bertz CT molecular complexity index is 1330. The van der Waals surface area contributed by atoms with Crippen LogP contribution in [0.4, 0.5) is 0 Å². The van der Waals surface area contributed by atoms with Crippen LogP contribution in [0.15, 0.2) is 33.5 Å². The molecule has 5 atom stereocenters. The van der Waals surface area contributed by atoms with Crippen LogP contribution < -0.4 is 19.6 Å². The van der Waals surface area contributed by atoms with Crippen LogP contribution in [-0.4, -0.2) is 87.3 Å². The van der Waals surface area contributed by atoms with E-state index in [2.05, 4.69) is 0 Å². The molecule has 0 saturated carbocycles. The minimum atomic E-state index is -1.80. The predicted molar refractivity (Wildman–Crippen MR) is 120 cm³/mol. The van der Waals surface area contributed by atoms with Crippen molar-refractivity contribution in [3.8, 4) is 45.8 Å². The highest BCUT2D eigenvalue weighted by Gasteiger charge is 2.45. The Hall–Kier alpha value is -3.75. The number of methoxy groups -OCH3 is 2. The van der Waals surface area contributed by atoms with Gasteiger partial charge in [-0.2, -0.15) is 0 Å². The summed E-state index contributed by atoms with van der Waals surface area (Å²) in [6.45, 7) is -0.716. The van der Waals surface area contributed by atoms with Crippen molar-refractivity contribution in [2.75, 3.05) is 20.8 Å². The average molecular weight is 508 g/mol. The summed E-state index contributed by atoms with van der Waals surface area (Å²) in [5.41, 5.74) is -0.912. The molecule has 1 saturated heterocycles. The van der Waals surface area contributed by atoms with Gasteiger partial charge in [0.2, 0.25) is 23.2 Å². The van der Waals surface area contributed by atoms with Crippen molar-refractivity contribution in [3.63, 3.8) is 0 Å². The number of hydrogen-bond acceptors (Lipinski definition) is 13. The van der Waals surface area contributed by atoms with Crippen LogP contribution >= 0.6 is 0 Å². The zero-order valence-corrected chi connectivity index (χ0v) is 19.0. The van der Waals surface area contributed by atoms with E-state index in [0.29, 0.717) is 0 Å². The first kappa shape index (κ1) is 25.3. The maximum absolute atomic E-state index is 13.1. The second kappa shape index (κ2) is 9.72. The largest absolute Gasteiger partial charge is 0.504 e. The summed E-state index contributed by atoms with van der Waals surface area (Å²) in [5.74, 6) is -2.90. The van der Waals surface area contributed by atoms with Gasteiger partial charge in [0.15, 0.2) is 28.8 Å². The summed E-state index contributed by atoms with van der Waals surface area (Å²) < 4.78 is 26.6. The van der Waals surface area contributed by atoms with Crippen molar-refractivity contribution < 1.29 is 59.1 Å². The monoisotopic (exact) mass is 508 g/mol. The molecule has 36 heavy (non-hydrogen) atoms. The standard InChI is InChI=1S/C23H24O13/c1-32-10-4-3-8(5-9(10)25)21-22(33-2)18(29)14-11(34-21)6-12(15(26)17(14)28)35-23-20(31)19(30)16(27)13(7-24)36-23/h3-6,13,16,19-20,23-28,30-31H,7H2,1-2H3. The summed E-state index contributed by atoms with van der Waals surface area (Å²) in [6, 6.07) is 5.20. The number of aliphatic hydroxyl groups is 4. The van der Waals surface area contributed by atoms with Gasteiger partial charge in [0.1, 0.15) is 35.4 Å². The Morgan fingerprint density at radius 1 is 0.917 bits per heavy atom. The molecule has 0 spiro atoms. The molecule has 0 bridgehead atoms. The second-order valence-electron chi connectivity index (χ2n) is 7.94. The number of phenols is 3. The highest BCUT2D eigenvalue weighted by molar-refractivity contribution is 5.91. The minimum Gasteiger partial charge on any atom is -0.504 e. The lowest BCUT2D eigenvalue weighted by atomic mass is 9.99. The SMILES string of the molecule is COc1ccc(-c2oc3cc(OC4OC(CO)C(O)C(O)C4O)c(O)c(O)c3c(=O)c2OC)cc1O. The maximum atomic E-state index is 13.1. The first-order valence-corrected chi connectivity index (χ1v) is 10.6. The van der Waals surface area contributed by atoms with Crippen molar-refractivity contribution >= 4 is 11.0 Å². The second-order valence-corrected chi connectivity index (χ2v) is 7.94. The summed E-state index contributed by atoms with van der Waals surface area (Å²) >= 11 is 0. The molecule has 2 aromatic carbocycles. The van der Waals surface area contributed by atoms with Gasteiger partial charge in [-0.1, -0.05) is 0 Å². The number of benzene rings is 2. The Morgan fingerprint density at radius 3 is 2.25 bits per heavy atom. The number of rotatable bonds is 6. The van der Waals surface area contributed by atoms with Gasteiger partial charge in [-0.3, -0.25) is 4.79 Å². The van der Waals surface area contributed by atoms with E-state index in [0.717, 1.165) is 6.07 Å². The van der Waals surface area contributed by atoms with E-state index in [1.807, 2.05) is 0 Å². The number of aromatic hydroxyl groups is 3. The highest BCUT2D eigenvalue weighted by Crippen LogP contribution is 2.44. The maximum Gasteiger partial charge on any atom is 0.239 e. The molecule has 0 amide bonds. The molecule has 13 heteroatoms. The Kier molecular flexibility index (Phi) is 6.84. The van der Waals surface area contributed by atoms with E-state index >= 15 is 0 Å². The van der Waals surface area contributed by atoms with Crippen LogP contribution in [0.2, 0.25) is 0 Å². The molecule has 4 rings (SSSR count). The van der Waals surface area contributed by atoms with E-state index < -0.39 is 65.4 Å². The number of aliphatic hydroxyl groups excluding tert-OH is 4. The van der Waals surface area contributed by atoms with Crippen molar-refractivity contribution in [2.24, 2.45) is 0 Å². The lowest BCUT2D eigenvalue weighted by molar-refractivity contribution is -0.277. The molecule has 13 nitrogen and oxygen atoms in total. The van der Waals surface area contributed by atoms with E-state index in [1.54, 1.807) is 0 Å². The van der Waals surface area contributed by atoms with Gasteiger partial charge in [0.25, 0.3) is 0 Å². The molecule has 194 valence electrons. The minimum absolute atomic E-state index is 0.128. The van der Waals surface area contributed by atoms with Crippen LogP contribution in [0.5, 0.6) is 34.5 Å². The average Bonchev–Trinajstić information content (AvgIpc) is 2.86.